The summed E-state index contributed by atoms with van der Waals surface area (Å²) in [6.45, 7) is -0.0398. The number of nitrogens with zero attached hydrogens (tertiary/aromatic N) is 1. The Morgan fingerprint density at radius 3 is 2.67 bits per heavy atom. The highest BCUT2D eigenvalue weighted by atomic mass is 35.5. The van der Waals surface area contributed by atoms with Crippen LogP contribution in [-0.2, 0) is 11.3 Å². The lowest BCUT2D eigenvalue weighted by atomic mass is 10.1. The van der Waals surface area contributed by atoms with Crippen LogP contribution in [-0.4, -0.2) is 21.2 Å². The van der Waals surface area contributed by atoms with Crippen molar-refractivity contribution in [1.82, 2.24) is 4.90 Å². The molecule has 0 spiro atoms. The third-order valence-electron chi connectivity index (χ3n) is 3.44. The second-order valence-corrected chi connectivity index (χ2v) is 6.46. The van der Waals surface area contributed by atoms with E-state index in [1.807, 2.05) is 0 Å². The quantitative estimate of drug-likeness (QED) is 0.820. The summed E-state index contributed by atoms with van der Waals surface area (Å²) in [5.41, 5.74) is 0.923. The highest BCUT2D eigenvalue weighted by Gasteiger charge is 2.35. The first-order chi connectivity index (χ1) is 11.5. The van der Waals surface area contributed by atoms with E-state index in [1.54, 1.807) is 18.2 Å². The molecule has 2 aromatic carbocycles. The molecule has 1 N–H and O–H groups in total. The molecule has 0 atom stereocenters. The summed E-state index contributed by atoms with van der Waals surface area (Å²) in [6, 6.07) is 10.3. The molecule has 24 heavy (non-hydrogen) atoms. The van der Waals surface area contributed by atoms with Gasteiger partial charge in [0.15, 0.2) is 0 Å². The Bertz CT molecular complexity index is 869. The van der Waals surface area contributed by atoms with Crippen molar-refractivity contribution < 1.29 is 19.1 Å². The van der Waals surface area contributed by atoms with Crippen molar-refractivity contribution in [3.8, 4) is 5.75 Å². The molecule has 0 radical (unpaired) electrons. The number of imide groups is 1. The number of phenolic OH excluding ortho intramolecular Hbond substituents is 1. The zero-order valence-electron chi connectivity index (χ0n) is 12.2. The third kappa shape index (κ3) is 3.29. The monoisotopic (exact) mass is 363 g/mol. The molecule has 1 saturated heterocycles. The van der Waals surface area contributed by atoms with E-state index in [-0.39, 0.29) is 22.2 Å². The molecule has 4 nitrogen and oxygen atoms in total. The van der Waals surface area contributed by atoms with Crippen LogP contribution in [0.5, 0.6) is 5.75 Å². The average Bonchev–Trinajstić information content (AvgIpc) is 2.79. The van der Waals surface area contributed by atoms with E-state index in [2.05, 4.69) is 0 Å². The molecule has 2 amide bonds. The third-order valence-corrected chi connectivity index (χ3v) is 4.70. The molecular weight excluding hydrogens is 353 g/mol. The number of hydrogen-bond acceptors (Lipinski definition) is 4. The largest absolute Gasteiger partial charge is 0.507 e. The number of rotatable bonds is 3. The van der Waals surface area contributed by atoms with E-state index in [1.165, 1.54) is 24.3 Å². The molecule has 1 aliphatic heterocycles. The van der Waals surface area contributed by atoms with E-state index in [0.29, 0.717) is 11.1 Å². The minimum absolute atomic E-state index is 0.0193. The lowest BCUT2D eigenvalue weighted by molar-refractivity contribution is -0.123. The van der Waals surface area contributed by atoms with Crippen LogP contribution < -0.4 is 0 Å². The van der Waals surface area contributed by atoms with E-state index in [4.69, 9.17) is 11.6 Å². The average molecular weight is 364 g/mol. The predicted octanol–water partition coefficient (Wildman–Crippen LogP) is 4.42. The fourth-order valence-electron chi connectivity index (χ4n) is 2.21. The first-order valence-electron chi connectivity index (χ1n) is 6.93. The molecule has 0 unspecified atom stereocenters. The molecule has 0 aromatic heterocycles. The molecule has 3 rings (SSSR count). The molecule has 2 aromatic rings. The topological polar surface area (TPSA) is 57.6 Å². The summed E-state index contributed by atoms with van der Waals surface area (Å²) in [4.78, 5) is 25.8. The standard InChI is InChI=1S/C17H11ClFNO3S/c18-13-8-12(19)6-5-11(13)9-20-16(22)15(24-17(20)23)7-10-3-1-2-4-14(10)21/h1-8,21H,9H2/b15-7-. The number of thioether (sulfide) groups is 1. The summed E-state index contributed by atoms with van der Waals surface area (Å²) in [5.74, 6) is -0.947. The van der Waals surface area contributed by atoms with Crippen LogP contribution in [0.2, 0.25) is 5.02 Å². The lowest BCUT2D eigenvalue weighted by Gasteiger charge is -2.13. The van der Waals surface area contributed by atoms with Gasteiger partial charge >= 0.3 is 0 Å². The van der Waals surface area contributed by atoms with Crippen molar-refractivity contribution in [2.24, 2.45) is 0 Å². The van der Waals surface area contributed by atoms with Crippen molar-refractivity contribution >= 4 is 40.6 Å². The number of carbonyl (C=O) groups is 2. The van der Waals surface area contributed by atoms with Gasteiger partial charge in [0.2, 0.25) is 0 Å². The van der Waals surface area contributed by atoms with Crippen molar-refractivity contribution in [3.63, 3.8) is 0 Å². The lowest BCUT2D eigenvalue weighted by Crippen LogP contribution is -2.27. The highest BCUT2D eigenvalue weighted by molar-refractivity contribution is 8.18. The van der Waals surface area contributed by atoms with Crippen LogP contribution in [0.1, 0.15) is 11.1 Å². The van der Waals surface area contributed by atoms with Crippen LogP contribution >= 0.6 is 23.4 Å². The number of amides is 2. The molecule has 122 valence electrons. The Labute approximate surface area is 146 Å². The number of phenols is 1. The number of benzene rings is 2. The number of halogens is 2. The minimum atomic E-state index is -0.489. The Hall–Kier alpha value is -2.31. The summed E-state index contributed by atoms with van der Waals surface area (Å²) < 4.78 is 13.1. The fourth-order valence-corrected chi connectivity index (χ4v) is 3.26. The van der Waals surface area contributed by atoms with Gasteiger partial charge in [-0.25, -0.2) is 4.39 Å². The molecule has 1 fully saturated rings. The summed E-state index contributed by atoms with van der Waals surface area (Å²) in [6.07, 6.45) is 1.46. The van der Waals surface area contributed by atoms with Gasteiger partial charge in [0.1, 0.15) is 11.6 Å². The number of aromatic hydroxyl groups is 1. The Balaban J connectivity index is 1.85. The summed E-state index contributed by atoms with van der Waals surface area (Å²) in [7, 11) is 0. The normalized spacial score (nSPS) is 16.2. The Morgan fingerprint density at radius 2 is 1.96 bits per heavy atom. The molecule has 1 aliphatic rings. The number of hydrogen-bond donors (Lipinski definition) is 1. The predicted molar refractivity (Wildman–Crippen MR) is 91.0 cm³/mol. The van der Waals surface area contributed by atoms with Crippen molar-refractivity contribution in [3.05, 3.63) is 69.3 Å². The van der Waals surface area contributed by atoms with Gasteiger partial charge in [0, 0.05) is 10.6 Å². The Kier molecular flexibility index (Phi) is 4.59. The van der Waals surface area contributed by atoms with E-state index in [9.17, 15) is 19.1 Å². The highest BCUT2D eigenvalue weighted by Crippen LogP contribution is 2.35. The second kappa shape index (κ2) is 6.67. The first-order valence-corrected chi connectivity index (χ1v) is 8.12. The number of para-hydroxylation sites is 1. The second-order valence-electron chi connectivity index (χ2n) is 5.06. The van der Waals surface area contributed by atoms with Crippen LogP contribution in [0.3, 0.4) is 0 Å². The molecule has 0 saturated carbocycles. The fraction of sp³-hybridized carbons (Fsp3) is 0.0588. The number of carbonyl (C=O) groups excluding carboxylic acids is 2. The smallest absolute Gasteiger partial charge is 0.293 e. The van der Waals surface area contributed by atoms with Gasteiger partial charge in [-0.1, -0.05) is 35.9 Å². The summed E-state index contributed by atoms with van der Waals surface area (Å²) in [5, 5.41) is 9.48. The maximum Gasteiger partial charge on any atom is 0.293 e. The van der Waals surface area contributed by atoms with Gasteiger partial charge in [-0.3, -0.25) is 14.5 Å². The van der Waals surface area contributed by atoms with Crippen LogP contribution in [0, 0.1) is 5.82 Å². The molecule has 0 bridgehead atoms. The Morgan fingerprint density at radius 1 is 1.21 bits per heavy atom. The minimum Gasteiger partial charge on any atom is -0.507 e. The molecular formula is C17H11ClFNO3S. The first kappa shape index (κ1) is 16.5. The maximum absolute atomic E-state index is 13.1. The van der Waals surface area contributed by atoms with Crippen LogP contribution in [0.4, 0.5) is 9.18 Å². The van der Waals surface area contributed by atoms with Gasteiger partial charge in [0.25, 0.3) is 11.1 Å². The van der Waals surface area contributed by atoms with Crippen LogP contribution in [0.15, 0.2) is 47.4 Å². The molecule has 7 heteroatoms. The van der Waals surface area contributed by atoms with Gasteiger partial charge in [-0.15, -0.1) is 0 Å². The van der Waals surface area contributed by atoms with Crippen molar-refractivity contribution in [2.75, 3.05) is 0 Å². The zero-order chi connectivity index (χ0) is 17.3. The van der Waals surface area contributed by atoms with Gasteiger partial charge in [-0.2, -0.15) is 0 Å². The van der Waals surface area contributed by atoms with Crippen molar-refractivity contribution in [1.29, 1.82) is 0 Å². The van der Waals surface area contributed by atoms with Crippen LogP contribution in [0.25, 0.3) is 6.08 Å². The maximum atomic E-state index is 13.1. The van der Waals surface area contributed by atoms with Gasteiger partial charge < -0.3 is 5.11 Å². The van der Waals surface area contributed by atoms with E-state index in [0.717, 1.165) is 22.7 Å². The van der Waals surface area contributed by atoms with Crippen molar-refractivity contribution in [2.45, 2.75) is 6.54 Å². The van der Waals surface area contributed by atoms with E-state index >= 15 is 0 Å². The molecule has 1 heterocycles. The SMILES string of the molecule is O=C1S/C(=C\c2ccccc2O)C(=O)N1Cc1ccc(F)cc1Cl. The zero-order valence-corrected chi connectivity index (χ0v) is 13.8. The van der Waals surface area contributed by atoms with Gasteiger partial charge in [0.05, 0.1) is 11.4 Å². The van der Waals surface area contributed by atoms with Gasteiger partial charge in [-0.05, 0) is 41.6 Å². The van der Waals surface area contributed by atoms with E-state index < -0.39 is 17.0 Å². The molecule has 0 aliphatic carbocycles. The summed E-state index contributed by atoms with van der Waals surface area (Å²) >= 11 is 6.73.